The smallest absolute Gasteiger partial charge is 0.136 e. The Labute approximate surface area is 238 Å². The van der Waals surface area contributed by atoms with Crippen molar-refractivity contribution in [1.82, 2.24) is 30.0 Å². The summed E-state index contributed by atoms with van der Waals surface area (Å²) in [6.45, 7) is 0. The zero-order chi connectivity index (χ0) is 27.6. The van der Waals surface area contributed by atoms with Gasteiger partial charge in [0.2, 0.25) is 0 Å². The topological polar surface area (TPSA) is 87.7 Å². The lowest BCUT2D eigenvalue weighted by Gasteiger charge is -2.03. The third-order valence-corrected chi connectivity index (χ3v) is 7.71. The highest BCUT2D eigenvalue weighted by atomic mass is 16.3. The minimum Gasteiger partial charge on any atom is -0.456 e. The van der Waals surface area contributed by atoms with Crippen molar-refractivity contribution in [3.8, 4) is 33.9 Å². The zero-order valence-electron chi connectivity index (χ0n) is 22.0. The number of rotatable bonds is 4. The number of hydrogen-bond acceptors (Lipinski definition) is 6. The Hall–Kier alpha value is -6.02. The molecule has 0 saturated heterocycles. The van der Waals surface area contributed by atoms with Gasteiger partial charge in [-0.15, -0.1) is 10.2 Å². The second-order valence-electron chi connectivity index (χ2n) is 10.2. The van der Waals surface area contributed by atoms with Gasteiger partial charge in [0.25, 0.3) is 0 Å². The molecule has 0 fully saturated rings. The largest absolute Gasteiger partial charge is 0.456 e. The van der Waals surface area contributed by atoms with E-state index in [1.165, 1.54) is 0 Å². The highest BCUT2D eigenvalue weighted by Crippen LogP contribution is 2.33. The summed E-state index contributed by atoms with van der Waals surface area (Å²) in [6.07, 6.45) is 3.83. The fourth-order valence-corrected chi connectivity index (χ4v) is 5.57. The van der Waals surface area contributed by atoms with Crippen molar-refractivity contribution in [1.29, 1.82) is 0 Å². The van der Waals surface area contributed by atoms with Crippen LogP contribution in [0.1, 0.15) is 0 Å². The second-order valence-corrected chi connectivity index (χ2v) is 10.2. The third kappa shape index (κ3) is 3.55. The molecule has 4 aromatic heterocycles. The summed E-state index contributed by atoms with van der Waals surface area (Å²) in [4.78, 5) is 0. The lowest BCUT2D eigenvalue weighted by molar-refractivity contribution is 0.668. The number of fused-ring (bicyclic) bond motifs is 6. The Morgan fingerprint density at radius 1 is 0.429 bits per heavy atom. The number of benzene rings is 5. The summed E-state index contributed by atoms with van der Waals surface area (Å²) >= 11 is 0. The first-order chi connectivity index (χ1) is 20.8. The second kappa shape index (κ2) is 8.74. The average molecular weight is 545 g/mol. The van der Waals surface area contributed by atoms with Gasteiger partial charge in [0.05, 0.1) is 23.8 Å². The van der Waals surface area contributed by atoms with Crippen molar-refractivity contribution in [2.45, 2.75) is 0 Å². The molecule has 0 bridgehead atoms. The van der Waals surface area contributed by atoms with Gasteiger partial charge in [0, 0.05) is 32.7 Å². The average Bonchev–Trinajstić information content (AvgIpc) is 3.84. The van der Waals surface area contributed by atoms with E-state index in [0.717, 1.165) is 77.8 Å². The molecule has 0 aliphatic rings. The standard InChI is InChI=1S/C34H20N6O2/c1-3-7-31-25(5-1)27-15-9-21(17-33(27)41-31)29-19-39(37-35-29)23-11-13-24(14-12-23)40-20-30(36-38-40)22-10-16-28-26-6-2-4-8-32(26)42-34(28)18-22/h1-20H. The molecule has 5 aromatic carbocycles. The van der Waals surface area contributed by atoms with E-state index in [2.05, 4.69) is 57.0 Å². The molecular formula is C34H20N6O2. The van der Waals surface area contributed by atoms with Gasteiger partial charge in [-0.1, -0.05) is 59.0 Å². The molecule has 0 atom stereocenters. The molecule has 0 amide bonds. The van der Waals surface area contributed by atoms with Crippen molar-refractivity contribution in [3.05, 3.63) is 122 Å². The SMILES string of the molecule is c1ccc2c(c1)oc1cc(-c3cn(-c4ccc(-n5cc(-c6ccc7c(c6)oc6ccccc67)nn5)cc4)nn3)ccc12. The van der Waals surface area contributed by atoms with Crippen LogP contribution in [0.3, 0.4) is 0 Å². The van der Waals surface area contributed by atoms with Crippen LogP contribution in [0.15, 0.2) is 130 Å². The van der Waals surface area contributed by atoms with Gasteiger partial charge in [0.1, 0.15) is 33.7 Å². The molecule has 198 valence electrons. The van der Waals surface area contributed by atoms with E-state index in [-0.39, 0.29) is 0 Å². The Kier molecular flexibility index (Phi) is 4.74. The Bertz CT molecular complexity index is 2260. The van der Waals surface area contributed by atoms with E-state index in [9.17, 15) is 0 Å². The first kappa shape index (κ1) is 22.8. The fraction of sp³-hybridized carbons (Fsp3) is 0. The van der Waals surface area contributed by atoms with Crippen LogP contribution in [0.2, 0.25) is 0 Å². The van der Waals surface area contributed by atoms with Crippen LogP contribution in [-0.2, 0) is 0 Å². The van der Waals surface area contributed by atoms with Crippen molar-refractivity contribution in [2.75, 3.05) is 0 Å². The van der Waals surface area contributed by atoms with Crippen LogP contribution in [0.5, 0.6) is 0 Å². The third-order valence-electron chi connectivity index (χ3n) is 7.71. The van der Waals surface area contributed by atoms with Crippen LogP contribution < -0.4 is 0 Å². The van der Waals surface area contributed by atoms with Gasteiger partial charge in [-0.2, -0.15) is 0 Å². The maximum atomic E-state index is 6.05. The van der Waals surface area contributed by atoms with Crippen LogP contribution in [-0.4, -0.2) is 30.0 Å². The van der Waals surface area contributed by atoms with Crippen LogP contribution in [0, 0.1) is 0 Å². The van der Waals surface area contributed by atoms with Crippen molar-refractivity contribution < 1.29 is 8.83 Å². The van der Waals surface area contributed by atoms with Crippen molar-refractivity contribution >= 4 is 43.9 Å². The summed E-state index contributed by atoms with van der Waals surface area (Å²) in [7, 11) is 0. The summed E-state index contributed by atoms with van der Waals surface area (Å²) < 4.78 is 15.6. The first-order valence-corrected chi connectivity index (χ1v) is 13.6. The summed E-state index contributed by atoms with van der Waals surface area (Å²) in [5.41, 5.74) is 8.61. The quantitative estimate of drug-likeness (QED) is 0.223. The predicted octanol–water partition coefficient (Wildman–Crippen LogP) is 7.98. The number of aromatic nitrogens is 6. The lowest BCUT2D eigenvalue weighted by Crippen LogP contribution is -1.98. The number of hydrogen-bond donors (Lipinski definition) is 0. The minimum atomic E-state index is 0.767. The van der Waals surface area contributed by atoms with Gasteiger partial charge >= 0.3 is 0 Å². The first-order valence-electron chi connectivity index (χ1n) is 13.6. The highest BCUT2D eigenvalue weighted by Gasteiger charge is 2.13. The molecule has 8 heteroatoms. The molecule has 0 unspecified atom stereocenters. The van der Waals surface area contributed by atoms with Crippen molar-refractivity contribution in [2.24, 2.45) is 0 Å². The molecule has 8 nitrogen and oxygen atoms in total. The molecule has 4 heterocycles. The molecule has 0 aliphatic carbocycles. The molecule has 42 heavy (non-hydrogen) atoms. The summed E-state index contributed by atoms with van der Waals surface area (Å²) in [5.74, 6) is 0. The molecule has 9 aromatic rings. The number of nitrogens with zero attached hydrogens (tertiary/aromatic N) is 6. The minimum absolute atomic E-state index is 0.767. The maximum Gasteiger partial charge on any atom is 0.136 e. The normalized spacial score (nSPS) is 11.8. The molecule has 0 aliphatic heterocycles. The number of furan rings is 2. The van der Waals surface area contributed by atoms with Gasteiger partial charge in [0.15, 0.2) is 0 Å². The van der Waals surface area contributed by atoms with Crippen LogP contribution in [0.25, 0.3) is 77.8 Å². The maximum absolute atomic E-state index is 6.05. The Balaban J connectivity index is 0.980. The van der Waals surface area contributed by atoms with E-state index >= 15 is 0 Å². The van der Waals surface area contributed by atoms with Gasteiger partial charge in [-0.25, -0.2) is 9.36 Å². The van der Waals surface area contributed by atoms with Crippen LogP contribution in [0.4, 0.5) is 0 Å². The highest BCUT2D eigenvalue weighted by molar-refractivity contribution is 6.06. The molecule has 9 rings (SSSR count). The van der Waals surface area contributed by atoms with Gasteiger partial charge < -0.3 is 8.83 Å². The predicted molar refractivity (Wildman–Crippen MR) is 162 cm³/mol. The van der Waals surface area contributed by atoms with E-state index in [1.807, 2.05) is 85.2 Å². The van der Waals surface area contributed by atoms with E-state index in [1.54, 1.807) is 9.36 Å². The van der Waals surface area contributed by atoms with Gasteiger partial charge in [-0.05, 0) is 60.7 Å². The van der Waals surface area contributed by atoms with E-state index in [0.29, 0.717) is 0 Å². The summed E-state index contributed by atoms with van der Waals surface area (Å²) in [5, 5.41) is 21.9. The monoisotopic (exact) mass is 544 g/mol. The van der Waals surface area contributed by atoms with E-state index < -0.39 is 0 Å². The molecule has 0 saturated carbocycles. The number of para-hydroxylation sites is 2. The Morgan fingerprint density at radius 2 is 0.857 bits per heavy atom. The van der Waals surface area contributed by atoms with Gasteiger partial charge in [-0.3, -0.25) is 0 Å². The molecule has 0 spiro atoms. The Morgan fingerprint density at radius 3 is 1.33 bits per heavy atom. The lowest BCUT2D eigenvalue weighted by atomic mass is 10.1. The zero-order valence-corrected chi connectivity index (χ0v) is 22.0. The summed E-state index contributed by atoms with van der Waals surface area (Å²) in [6, 6.07) is 36.3. The van der Waals surface area contributed by atoms with Crippen molar-refractivity contribution in [3.63, 3.8) is 0 Å². The molecular weight excluding hydrogens is 524 g/mol. The fourth-order valence-electron chi connectivity index (χ4n) is 5.57. The van der Waals surface area contributed by atoms with Crippen LogP contribution >= 0.6 is 0 Å². The molecule has 0 radical (unpaired) electrons. The van der Waals surface area contributed by atoms with E-state index in [4.69, 9.17) is 8.83 Å². The molecule has 0 N–H and O–H groups in total.